The Morgan fingerprint density at radius 2 is 1.58 bits per heavy atom. The second kappa shape index (κ2) is 9.58. The largest absolute Gasteiger partial charge is 0.396 e. The minimum Gasteiger partial charge on any atom is -0.396 e. The van der Waals surface area contributed by atoms with Crippen LogP contribution in [-0.4, -0.2) is 78.0 Å². The zero-order chi connectivity index (χ0) is 26.8. The van der Waals surface area contributed by atoms with Crippen molar-refractivity contribution in [2.24, 2.45) is 40.4 Å². The summed E-state index contributed by atoms with van der Waals surface area (Å²) in [6, 6.07) is 0. The van der Waals surface area contributed by atoms with E-state index in [0.29, 0.717) is 35.7 Å². The van der Waals surface area contributed by atoms with E-state index in [4.69, 9.17) is 0 Å². The lowest BCUT2D eigenvalue weighted by Crippen LogP contribution is -2.79. The highest BCUT2D eigenvalue weighted by atomic mass is 16.4. The van der Waals surface area contributed by atoms with Crippen LogP contribution in [0.3, 0.4) is 0 Å². The van der Waals surface area contributed by atoms with Crippen LogP contribution in [0.2, 0.25) is 0 Å². The molecule has 0 radical (unpaired) electrons. The summed E-state index contributed by atoms with van der Waals surface area (Å²) in [7, 11) is 0. The van der Waals surface area contributed by atoms with Crippen LogP contribution in [0.15, 0.2) is 11.6 Å². The fraction of sp³-hybridized carbons (Fsp3) is 0.931. The van der Waals surface area contributed by atoms with E-state index in [0.717, 1.165) is 25.7 Å². The first kappa shape index (κ1) is 28.5. The van der Waals surface area contributed by atoms with E-state index >= 15 is 0 Å². The molecule has 4 rings (SSSR count). The van der Waals surface area contributed by atoms with E-state index in [1.165, 1.54) is 12.5 Å². The van der Waals surface area contributed by atoms with Crippen molar-refractivity contribution in [1.82, 2.24) is 0 Å². The minimum atomic E-state index is -2.08. The van der Waals surface area contributed by atoms with Crippen LogP contribution in [0.25, 0.3) is 0 Å². The van der Waals surface area contributed by atoms with Gasteiger partial charge in [-0.3, -0.25) is 0 Å². The van der Waals surface area contributed by atoms with Crippen molar-refractivity contribution < 1.29 is 35.7 Å². The molecule has 36 heavy (non-hydrogen) atoms. The van der Waals surface area contributed by atoms with Gasteiger partial charge >= 0.3 is 0 Å². The Kier molecular flexibility index (Phi) is 7.58. The number of aliphatic hydroxyl groups excluding tert-OH is 5. The van der Waals surface area contributed by atoms with Gasteiger partial charge in [0.1, 0.15) is 17.3 Å². The Morgan fingerprint density at radius 3 is 2.17 bits per heavy atom. The molecule has 0 spiro atoms. The average Bonchev–Trinajstić information content (AvgIpc) is 3.14. The molecular formula is C29H50O7. The summed E-state index contributed by atoms with van der Waals surface area (Å²) in [6.45, 7) is 10.6. The Hall–Kier alpha value is -0.540. The summed E-state index contributed by atoms with van der Waals surface area (Å²) in [5.74, 6) is 2.00. The van der Waals surface area contributed by atoms with E-state index in [1.54, 1.807) is 0 Å². The van der Waals surface area contributed by atoms with E-state index in [9.17, 15) is 35.7 Å². The topological polar surface area (TPSA) is 142 Å². The first-order valence-corrected chi connectivity index (χ1v) is 14.2. The standard InChI is InChI=1S/C29H50O7/c1-6-18(16(2)3)8-7-17(4)19-9-10-20-21-11-24(33)28(35)13-23(32)22(31)12-27(28,15-30)29(21,36)25(34)14-26(19,20)5/h11,16-20,22-25,30-36H,6-10,12-15H2,1-5H3/t17-,18+,19-,20+,22+,23+,24+,25-,26-,27-,28-,29+/m1/s1. The molecule has 0 aromatic carbocycles. The van der Waals surface area contributed by atoms with Gasteiger partial charge in [-0.15, -0.1) is 0 Å². The van der Waals surface area contributed by atoms with Crippen LogP contribution < -0.4 is 0 Å². The van der Waals surface area contributed by atoms with Gasteiger partial charge in [0, 0.05) is 6.42 Å². The molecule has 3 saturated carbocycles. The third kappa shape index (κ3) is 3.71. The molecule has 3 fully saturated rings. The number of aliphatic hydroxyl groups is 7. The lowest BCUT2D eigenvalue weighted by Gasteiger charge is -2.67. The molecule has 0 amide bonds. The van der Waals surface area contributed by atoms with E-state index in [1.807, 2.05) is 0 Å². The lowest BCUT2D eigenvalue weighted by atomic mass is 9.42. The maximum Gasteiger partial charge on any atom is 0.123 e. The molecule has 0 saturated heterocycles. The molecule has 7 nitrogen and oxygen atoms in total. The third-order valence-corrected chi connectivity index (χ3v) is 11.7. The van der Waals surface area contributed by atoms with Crippen LogP contribution in [0.1, 0.15) is 86.0 Å². The quantitative estimate of drug-likeness (QED) is 0.260. The molecule has 7 heteroatoms. The zero-order valence-corrected chi connectivity index (χ0v) is 22.8. The fourth-order valence-electron chi connectivity index (χ4n) is 9.39. The Bertz CT molecular complexity index is 845. The van der Waals surface area contributed by atoms with Gasteiger partial charge in [0.05, 0.1) is 30.3 Å². The average molecular weight is 511 g/mol. The summed E-state index contributed by atoms with van der Waals surface area (Å²) in [5.41, 5.74) is -5.69. The molecule has 0 bridgehead atoms. The second-order valence-corrected chi connectivity index (χ2v) is 13.5. The van der Waals surface area contributed by atoms with Crippen molar-refractivity contribution in [3.63, 3.8) is 0 Å². The summed E-state index contributed by atoms with van der Waals surface area (Å²) < 4.78 is 0. The van der Waals surface area contributed by atoms with Crippen LogP contribution >= 0.6 is 0 Å². The summed E-state index contributed by atoms with van der Waals surface area (Å²) in [5, 5.41) is 78.3. The fourth-order valence-corrected chi connectivity index (χ4v) is 9.39. The highest BCUT2D eigenvalue weighted by molar-refractivity contribution is 5.43. The van der Waals surface area contributed by atoms with Crippen molar-refractivity contribution in [3.05, 3.63) is 11.6 Å². The Labute approximate surface area is 216 Å². The minimum absolute atomic E-state index is 0.114. The molecule has 0 aromatic rings. The highest BCUT2D eigenvalue weighted by Gasteiger charge is 2.76. The van der Waals surface area contributed by atoms with Gasteiger partial charge in [0.25, 0.3) is 0 Å². The molecular weight excluding hydrogens is 460 g/mol. The molecule has 4 aliphatic carbocycles. The normalized spacial score (nSPS) is 50.2. The first-order chi connectivity index (χ1) is 16.7. The van der Waals surface area contributed by atoms with Gasteiger partial charge in [-0.1, -0.05) is 53.5 Å². The highest BCUT2D eigenvalue weighted by Crippen LogP contribution is 2.69. The third-order valence-electron chi connectivity index (χ3n) is 11.7. The molecule has 208 valence electrons. The van der Waals surface area contributed by atoms with Crippen molar-refractivity contribution >= 4 is 0 Å². The van der Waals surface area contributed by atoms with Crippen LogP contribution in [0, 0.1) is 40.4 Å². The molecule has 12 atom stereocenters. The molecule has 4 aliphatic rings. The van der Waals surface area contributed by atoms with Gasteiger partial charge in [0.15, 0.2) is 0 Å². The monoisotopic (exact) mass is 510 g/mol. The van der Waals surface area contributed by atoms with Crippen molar-refractivity contribution in [3.8, 4) is 0 Å². The molecule has 0 aromatic heterocycles. The van der Waals surface area contributed by atoms with Crippen LogP contribution in [-0.2, 0) is 0 Å². The van der Waals surface area contributed by atoms with E-state index in [2.05, 4.69) is 34.6 Å². The summed E-state index contributed by atoms with van der Waals surface area (Å²) in [4.78, 5) is 0. The van der Waals surface area contributed by atoms with E-state index in [-0.39, 0.29) is 17.8 Å². The Morgan fingerprint density at radius 1 is 0.944 bits per heavy atom. The molecule has 0 unspecified atom stereocenters. The van der Waals surface area contributed by atoms with Crippen molar-refractivity contribution in [2.45, 2.75) is 122 Å². The smallest absolute Gasteiger partial charge is 0.123 e. The van der Waals surface area contributed by atoms with Gasteiger partial charge in [-0.05, 0) is 72.7 Å². The summed E-state index contributed by atoms with van der Waals surface area (Å²) in [6.07, 6.45) is 0.952. The maximum atomic E-state index is 12.3. The first-order valence-electron chi connectivity index (χ1n) is 14.2. The number of fused-ring (bicyclic) bond motifs is 5. The number of hydrogen-bond donors (Lipinski definition) is 7. The number of rotatable bonds is 7. The molecule has 0 heterocycles. The number of hydrogen-bond acceptors (Lipinski definition) is 7. The maximum absolute atomic E-state index is 12.3. The lowest BCUT2D eigenvalue weighted by molar-refractivity contribution is -0.311. The van der Waals surface area contributed by atoms with Crippen LogP contribution in [0.5, 0.6) is 0 Å². The predicted molar refractivity (Wildman–Crippen MR) is 137 cm³/mol. The molecule has 7 N–H and O–H groups in total. The second-order valence-electron chi connectivity index (χ2n) is 13.5. The van der Waals surface area contributed by atoms with Gasteiger partial charge in [-0.25, -0.2) is 0 Å². The SMILES string of the molecule is CC[C@@H](CC[C@@H](C)[C@H]1CC[C@H]2C3=C[C@H](O)[C@]4(O)C[C@H](O)[C@@H](O)C[C@]4(CO)[C@@]3(O)[C@H](O)C[C@]12C)C(C)C. The predicted octanol–water partition coefficient (Wildman–Crippen LogP) is 2.14. The van der Waals surface area contributed by atoms with Gasteiger partial charge < -0.3 is 35.7 Å². The Balaban J connectivity index is 1.70. The molecule has 0 aliphatic heterocycles. The van der Waals surface area contributed by atoms with Crippen molar-refractivity contribution in [2.75, 3.05) is 6.61 Å². The summed E-state index contributed by atoms with van der Waals surface area (Å²) >= 11 is 0. The van der Waals surface area contributed by atoms with Crippen molar-refractivity contribution in [1.29, 1.82) is 0 Å². The van der Waals surface area contributed by atoms with Crippen LogP contribution in [0.4, 0.5) is 0 Å². The van der Waals surface area contributed by atoms with Gasteiger partial charge in [-0.2, -0.15) is 0 Å². The zero-order valence-electron chi connectivity index (χ0n) is 22.8. The van der Waals surface area contributed by atoms with Gasteiger partial charge in [0.2, 0.25) is 0 Å². The van der Waals surface area contributed by atoms with E-state index < -0.39 is 54.1 Å².